The lowest BCUT2D eigenvalue weighted by Gasteiger charge is -2.14. The van der Waals surface area contributed by atoms with Gasteiger partial charge in [-0.2, -0.15) is 0 Å². The van der Waals surface area contributed by atoms with E-state index in [4.69, 9.17) is 34.8 Å². The van der Waals surface area contributed by atoms with Gasteiger partial charge in [0.15, 0.2) is 5.82 Å². The van der Waals surface area contributed by atoms with E-state index in [0.29, 0.717) is 10.9 Å². The Morgan fingerprint density at radius 2 is 1.89 bits per heavy atom. The van der Waals surface area contributed by atoms with Gasteiger partial charge in [-0.25, -0.2) is 9.97 Å². The van der Waals surface area contributed by atoms with E-state index >= 15 is 0 Å². The molecule has 3 aromatic rings. The molecule has 1 N–H and O–H groups in total. The SMILES string of the molecule is Cc1ccc2nc(C(Cl)(Cl)Cl)nc(NC(=O)c3cccc([N+](=O)[O-])c3)c2c1. The van der Waals surface area contributed by atoms with Crippen LogP contribution < -0.4 is 5.32 Å². The number of amides is 1. The van der Waals surface area contributed by atoms with Crippen LogP contribution in [0.5, 0.6) is 0 Å². The van der Waals surface area contributed by atoms with Crippen molar-refractivity contribution < 1.29 is 9.72 Å². The molecule has 7 nitrogen and oxygen atoms in total. The van der Waals surface area contributed by atoms with Gasteiger partial charge in [-0.05, 0) is 25.1 Å². The van der Waals surface area contributed by atoms with Gasteiger partial charge in [-0.3, -0.25) is 14.9 Å². The fraction of sp³-hybridized carbons (Fsp3) is 0.118. The second-order valence-electron chi connectivity index (χ2n) is 5.68. The van der Waals surface area contributed by atoms with E-state index in [-0.39, 0.29) is 22.9 Å². The molecule has 0 fully saturated rings. The average Bonchev–Trinajstić information content (AvgIpc) is 2.61. The Kier molecular flexibility index (Phi) is 5.19. The Hall–Kier alpha value is -2.48. The molecule has 0 aliphatic carbocycles. The number of aromatic nitrogens is 2. The Morgan fingerprint density at radius 1 is 1.15 bits per heavy atom. The van der Waals surface area contributed by atoms with Crippen LogP contribution in [0, 0.1) is 17.0 Å². The summed E-state index contributed by atoms with van der Waals surface area (Å²) in [7, 11) is 0. The lowest BCUT2D eigenvalue weighted by atomic mass is 10.1. The van der Waals surface area contributed by atoms with E-state index in [1.54, 1.807) is 12.1 Å². The second kappa shape index (κ2) is 7.26. The van der Waals surface area contributed by atoms with Crippen LogP contribution in [-0.2, 0) is 3.79 Å². The number of fused-ring (bicyclic) bond motifs is 1. The molecule has 10 heteroatoms. The van der Waals surface area contributed by atoms with Crippen LogP contribution in [0.2, 0.25) is 0 Å². The first kappa shape index (κ1) is 19.3. The van der Waals surface area contributed by atoms with E-state index in [1.165, 1.54) is 24.3 Å². The summed E-state index contributed by atoms with van der Waals surface area (Å²) >= 11 is 17.7. The lowest BCUT2D eigenvalue weighted by molar-refractivity contribution is -0.384. The number of anilines is 1. The third kappa shape index (κ3) is 4.27. The van der Waals surface area contributed by atoms with Crippen LogP contribution in [0.25, 0.3) is 10.9 Å². The molecular formula is C17H11Cl3N4O3. The van der Waals surface area contributed by atoms with E-state index in [0.717, 1.165) is 5.56 Å². The number of halogens is 3. The quantitative estimate of drug-likeness (QED) is 0.364. The number of alkyl halides is 3. The normalized spacial score (nSPS) is 11.4. The average molecular weight is 426 g/mol. The lowest BCUT2D eigenvalue weighted by Crippen LogP contribution is -2.16. The van der Waals surface area contributed by atoms with Gasteiger partial charge in [0, 0.05) is 23.1 Å². The molecule has 0 bridgehead atoms. The van der Waals surface area contributed by atoms with Crippen molar-refractivity contribution in [3.05, 3.63) is 69.5 Å². The summed E-state index contributed by atoms with van der Waals surface area (Å²) < 4.78 is -1.88. The first-order valence-electron chi connectivity index (χ1n) is 7.56. The highest BCUT2D eigenvalue weighted by Crippen LogP contribution is 2.37. The van der Waals surface area contributed by atoms with Crippen molar-refractivity contribution in [3.63, 3.8) is 0 Å². The smallest absolute Gasteiger partial charge is 0.270 e. The first-order chi connectivity index (χ1) is 12.6. The van der Waals surface area contributed by atoms with Crippen LogP contribution in [0.1, 0.15) is 21.7 Å². The van der Waals surface area contributed by atoms with E-state index in [2.05, 4.69) is 15.3 Å². The number of non-ortho nitro benzene ring substituents is 1. The number of hydrogen-bond acceptors (Lipinski definition) is 5. The van der Waals surface area contributed by atoms with E-state index in [9.17, 15) is 14.9 Å². The van der Waals surface area contributed by atoms with Gasteiger partial charge in [-0.1, -0.05) is 52.5 Å². The molecule has 0 spiro atoms. The summed E-state index contributed by atoms with van der Waals surface area (Å²) in [5.74, 6) is -0.546. The molecule has 0 aliphatic heterocycles. The summed E-state index contributed by atoms with van der Waals surface area (Å²) in [6.07, 6.45) is 0. The fourth-order valence-corrected chi connectivity index (χ4v) is 2.66. The Labute approximate surface area is 168 Å². The predicted molar refractivity (Wildman–Crippen MR) is 105 cm³/mol. The Morgan fingerprint density at radius 3 is 2.56 bits per heavy atom. The largest absolute Gasteiger partial charge is 0.306 e. The van der Waals surface area contributed by atoms with Crippen LogP contribution in [0.4, 0.5) is 11.5 Å². The third-order valence-electron chi connectivity index (χ3n) is 3.66. The van der Waals surface area contributed by atoms with Crippen LogP contribution in [0.3, 0.4) is 0 Å². The Balaban J connectivity index is 2.07. The zero-order valence-corrected chi connectivity index (χ0v) is 16.0. The van der Waals surface area contributed by atoms with Crippen molar-refractivity contribution in [1.82, 2.24) is 9.97 Å². The number of carbonyl (C=O) groups excluding carboxylic acids is 1. The minimum absolute atomic E-state index is 0.0963. The number of hydrogen-bond donors (Lipinski definition) is 1. The highest BCUT2D eigenvalue weighted by Gasteiger charge is 2.28. The van der Waals surface area contributed by atoms with Crippen LogP contribution >= 0.6 is 34.8 Å². The third-order valence-corrected chi connectivity index (χ3v) is 4.16. The van der Waals surface area contributed by atoms with Crippen LogP contribution in [-0.4, -0.2) is 20.8 Å². The Bertz CT molecular complexity index is 1070. The molecule has 0 unspecified atom stereocenters. The second-order valence-corrected chi connectivity index (χ2v) is 7.96. The summed E-state index contributed by atoms with van der Waals surface area (Å²) in [6.45, 7) is 1.87. The number of rotatable bonds is 3. The summed E-state index contributed by atoms with van der Waals surface area (Å²) in [5.41, 5.74) is 1.29. The molecule has 1 amide bonds. The van der Waals surface area contributed by atoms with Crippen molar-refractivity contribution >= 4 is 63.1 Å². The van der Waals surface area contributed by atoms with Gasteiger partial charge in [0.2, 0.25) is 3.79 Å². The zero-order valence-electron chi connectivity index (χ0n) is 13.7. The molecule has 27 heavy (non-hydrogen) atoms. The number of nitrogens with zero attached hydrogens (tertiary/aromatic N) is 3. The van der Waals surface area contributed by atoms with Gasteiger partial charge in [-0.15, -0.1) is 0 Å². The molecule has 2 aromatic carbocycles. The summed E-state index contributed by atoms with van der Waals surface area (Å²) in [4.78, 5) is 31.3. The van der Waals surface area contributed by atoms with Crippen molar-refractivity contribution in [2.45, 2.75) is 10.7 Å². The highest BCUT2D eigenvalue weighted by atomic mass is 35.6. The maximum Gasteiger partial charge on any atom is 0.270 e. The number of aryl methyl sites for hydroxylation is 1. The van der Waals surface area contributed by atoms with E-state index in [1.807, 2.05) is 13.0 Å². The molecule has 0 saturated carbocycles. The van der Waals surface area contributed by atoms with Crippen molar-refractivity contribution in [1.29, 1.82) is 0 Å². The van der Waals surface area contributed by atoms with Gasteiger partial charge in [0.1, 0.15) is 5.82 Å². The molecule has 0 aliphatic rings. The molecule has 0 radical (unpaired) electrons. The number of nitrogens with one attached hydrogen (secondary N) is 1. The van der Waals surface area contributed by atoms with E-state index < -0.39 is 14.6 Å². The van der Waals surface area contributed by atoms with Crippen molar-refractivity contribution in [2.75, 3.05) is 5.32 Å². The topological polar surface area (TPSA) is 98.0 Å². The fourth-order valence-electron chi connectivity index (χ4n) is 2.40. The minimum Gasteiger partial charge on any atom is -0.306 e. The standard InChI is InChI=1S/C17H11Cl3N4O3/c1-9-5-6-13-12(7-9)14(23-16(21-13)17(18,19)20)22-15(25)10-3-2-4-11(8-10)24(26)27/h2-8H,1H3,(H,21,22,23,25). The summed E-state index contributed by atoms with van der Waals surface area (Å²) in [5, 5.41) is 14.1. The van der Waals surface area contributed by atoms with Gasteiger partial charge in [0.05, 0.1) is 10.4 Å². The molecule has 3 rings (SSSR count). The highest BCUT2D eigenvalue weighted by molar-refractivity contribution is 6.66. The molecule has 0 atom stereocenters. The summed E-state index contributed by atoms with van der Waals surface area (Å²) in [6, 6.07) is 10.6. The number of carbonyl (C=O) groups is 1. The minimum atomic E-state index is -1.88. The van der Waals surface area contributed by atoms with Crippen molar-refractivity contribution in [3.8, 4) is 0 Å². The van der Waals surface area contributed by atoms with Gasteiger partial charge >= 0.3 is 0 Å². The molecule has 1 heterocycles. The molecule has 138 valence electrons. The molecule has 1 aromatic heterocycles. The molecule has 0 saturated heterocycles. The van der Waals surface area contributed by atoms with Gasteiger partial charge in [0.25, 0.3) is 11.6 Å². The predicted octanol–water partition coefficient (Wildman–Crippen LogP) is 4.93. The molecular weight excluding hydrogens is 415 g/mol. The maximum absolute atomic E-state index is 12.6. The zero-order chi connectivity index (χ0) is 19.8. The van der Waals surface area contributed by atoms with Crippen LogP contribution in [0.15, 0.2) is 42.5 Å². The number of nitro groups is 1. The number of benzene rings is 2. The van der Waals surface area contributed by atoms with Crippen molar-refractivity contribution in [2.24, 2.45) is 0 Å². The number of nitro benzene ring substituents is 1. The maximum atomic E-state index is 12.6. The first-order valence-corrected chi connectivity index (χ1v) is 8.70. The monoisotopic (exact) mass is 424 g/mol. The van der Waals surface area contributed by atoms with Gasteiger partial charge < -0.3 is 5.32 Å².